The summed E-state index contributed by atoms with van der Waals surface area (Å²) in [6.45, 7) is 0. The molecule has 4 aromatic rings. The monoisotopic (exact) mass is 386 g/mol. The van der Waals surface area contributed by atoms with E-state index in [1.807, 2.05) is 54.6 Å². The predicted octanol–water partition coefficient (Wildman–Crippen LogP) is 3.90. The van der Waals surface area contributed by atoms with Crippen molar-refractivity contribution in [3.63, 3.8) is 0 Å². The van der Waals surface area contributed by atoms with Crippen molar-refractivity contribution < 1.29 is 13.9 Å². The standard InChI is InChI=1S/C22H18N4O3/c1-28-18-11-9-16(10-12-18)20-14-21(26(25-20)17-6-3-2-4-7-17)22(27)24-23-15-19-8-5-13-29-19/h2-15H,1H3,(H,24,27)/b23-15-. The first-order valence-electron chi connectivity index (χ1n) is 8.91. The number of aromatic nitrogens is 2. The zero-order valence-electron chi connectivity index (χ0n) is 15.6. The summed E-state index contributed by atoms with van der Waals surface area (Å²) in [6.07, 6.45) is 2.97. The molecule has 0 unspecified atom stereocenters. The van der Waals surface area contributed by atoms with Gasteiger partial charge in [-0.15, -0.1) is 0 Å². The van der Waals surface area contributed by atoms with Crippen LogP contribution < -0.4 is 10.2 Å². The van der Waals surface area contributed by atoms with E-state index in [1.165, 1.54) is 12.5 Å². The van der Waals surface area contributed by atoms with Crippen LogP contribution in [-0.2, 0) is 0 Å². The number of rotatable bonds is 6. The minimum absolute atomic E-state index is 0.360. The number of carbonyl (C=O) groups is 1. The molecule has 2 aromatic carbocycles. The predicted molar refractivity (Wildman–Crippen MR) is 109 cm³/mol. The molecule has 7 heteroatoms. The number of hydrogen-bond acceptors (Lipinski definition) is 5. The summed E-state index contributed by atoms with van der Waals surface area (Å²) < 4.78 is 12.0. The Kier molecular flexibility index (Phi) is 5.20. The van der Waals surface area contributed by atoms with Gasteiger partial charge in [-0.05, 0) is 54.6 Å². The van der Waals surface area contributed by atoms with Gasteiger partial charge in [0.25, 0.3) is 5.91 Å². The Bertz CT molecular complexity index is 1110. The van der Waals surface area contributed by atoms with E-state index < -0.39 is 0 Å². The molecule has 0 saturated heterocycles. The van der Waals surface area contributed by atoms with Crippen molar-refractivity contribution in [2.24, 2.45) is 5.10 Å². The Morgan fingerprint density at radius 1 is 1.10 bits per heavy atom. The highest BCUT2D eigenvalue weighted by Crippen LogP contribution is 2.24. The van der Waals surface area contributed by atoms with Gasteiger partial charge in [0, 0.05) is 5.56 Å². The fourth-order valence-corrected chi connectivity index (χ4v) is 2.79. The van der Waals surface area contributed by atoms with Crippen LogP contribution in [0.3, 0.4) is 0 Å². The number of ether oxygens (including phenoxy) is 1. The summed E-state index contributed by atoms with van der Waals surface area (Å²) >= 11 is 0. The molecule has 0 atom stereocenters. The van der Waals surface area contributed by atoms with Crippen molar-refractivity contribution in [1.82, 2.24) is 15.2 Å². The zero-order valence-corrected chi connectivity index (χ0v) is 15.6. The van der Waals surface area contributed by atoms with Gasteiger partial charge in [0.2, 0.25) is 0 Å². The molecule has 0 spiro atoms. The number of para-hydroxylation sites is 1. The van der Waals surface area contributed by atoms with Crippen molar-refractivity contribution in [3.8, 4) is 22.7 Å². The lowest BCUT2D eigenvalue weighted by molar-refractivity contribution is 0.0947. The number of methoxy groups -OCH3 is 1. The van der Waals surface area contributed by atoms with Gasteiger partial charge in [-0.3, -0.25) is 4.79 Å². The van der Waals surface area contributed by atoms with Crippen molar-refractivity contribution in [3.05, 3.63) is 90.5 Å². The van der Waals surface area contributed by atoms with Crippen LogP contribution in [0.1, 0.15) is 16.2 Å². The summed E-state index contributed by atoms with van der Waals surface area (Å²) in [5.41, 5.74) is 5.18. The summed E-state index contributed by atoms with van der Waals surface area (Å²) in [5, 5.41) is 8.58. The molecule has 0 aliphatic carbocycles. The van der Waals surface area contributed by atoms with Crippen molar-refractivity contribution in [2.75, 3.05) is 7.11 Å². The lowest BCUT2D eigenvalue weighted by Crippen LogP contribution is -2.21. The third-order valence-corrected chi connectivity index (χ3v) is 4.23. The van der Waals surface area contributed by atoms with Gasteiger partial charge in [0.05, 0.1) is 31.0 Å². The van der Waals surface area contributed by atoms with Crippen molar-refractivity contribution >= 4 is 12.1 Å². The molecular formula is C22H18N4O3. The molecule has 2 aromatic heterocycles. The number of nitrogens with one attached hydrogen (secondary N) is 1. The second-order valence-corrected chi connectivity index (χ2v) is 6.11. The number of amides is 1. The number of hydrogen-bond donors (Lipinski definition) is 1. The van der Waals surface area contributed by atoms with Gasteiger partial charge >= 0.3 is 0 Å². The van der Waals surface area contributed by atoms with Crippen LogP contribution in [0, 0.1) is 0 Å². The summed E-state index contributed by atoms with van der Waals surface area (Å²) in [7, 11) is 1.62. The molecular weight excluding hydrogens is 368 g/mol. The molecule has 0 radical (unpaired) electrons. The molecule has 0 bridgehead atoms. The van der Waals surface area contributed by atoms with Crippen molar-refractivity contribution in [2.45, 2.75) is 0 Å². The Morgan fingerprint density at radius 2 is 1.90 bits per heavy atom. The number of furan rings is 1. The molecule has 144 valence electrons. The van der Waals surface area contributed by atoms with E-state index >= 15 is 0 Å². The highest BCUT2D eigenvalue weighted by Gasteiger charge is 2.17. The molecule has 0 saturated carbocycles. The molecule has 1 N–H and O–H groups in total. The highest BCUT2D eigenvalue weighted by atomic mass is 16.5. The maximum absolute atomic E-state index is 12.8. The number of hydrazone groups is 1. The van der Waals surface area contributed by atoms with Crippen molar-refractivity contribution in [1.29, 1.82) is 0 Å². The Morgan fingerprint density at radius 3 is 2.59 bits per heavy atom. The quantitative estimate of drug-likeness (QED) is 0.402. The topological polar surface area (TPSA) is 81.6 Å². The van der Waals surface area contributed by atoms with Gasteiger partial charge in [-0.25, -0.2) is 10.1 Å². The maximum atomic E-state index is 12.8. The minimum atomic E-state index is -0.385. The first-order valence-corrected chi connectivity index (χ1v) is 8.91. The highest BCUT2D eigenvalue weighted by molar-refractivity contribution is 5.95. The summed E-state index contributed by atoms with van der Waals surface area (Å²) in [6, 6.07) is 22.2. The molecule has 0 aliphatic rings. The lowest BCUT2D eigenvalue weighted by Gasteiger charge is -2.05. The van der Waals surface area contributed by atoms with Crippen LogP contribution in [0.5, 0.6) is 5.75 Å². The van der Waals surface area contributed by atoms with Crippen LogP contribution in [0.15, 0.2) is 88.6 Å². The van der Waals surface area contributed by atoms with Gasteiger partial charge in [0.15, 0.2) is 0 Å². The Balaban J connectivity index is 1.66. The minimum Gasteiger partial charge on any atom is -0.497 e. The fourth-order valence-electron chi connectivity index (χ4n) is 2.79. The smallest absolute Gasteiger partial charge is 0.290 e. The SMILES string of the molecule is COc1ccc(-c2cc(C(=O)N/N=C\c3ccco3)n(-c3ccccc3)n2)cc1. The second-order valence-electron chi connectivity index (χ2n) is 6.11. The van der Waals surface area contributed by atoms with Gasteiger partial charge in [-0.1, -0.05) is 18.2 Å². The van der Waals surface area contributed by atoms with E-state index in [0.717, 1.165) is 17.0 Å². The third-order valence-electron chi connectivity index (χ3n) is 4.23. The van der Waals surface area contributed by atoms with Crippen LogP contribution in [-0.4, -0.2) is 29.0 Å². The molecule has 0 aliphatic heterocycles. The van der Waals surface area contributed by atoms with E-state index in [4.69, 9.17) is 9.15 Å². The van der Waals surface area contributed by atoms with E-state index in [9.17, 15) is 4.79 Å². The molecule has 2 heterocycles. The van der Waals surface area contributed by atoms with Crippen LogP contribution in [0.2, 0.25) is 0 Å². The first-order chi connectivity index (χ1) is 14.2. The first kappa shape index (κ1) is 18.2. The average Bonchev–Trinajstić information content (AvgIpc) is 3.45. The molecule has 29 heavy (non-hydrogen) atoms. The second kappa shape index (κ2) is 8.26. The van der Waals surface area contributed by atoms with Gasteiger partial charge < -0.3 is 9.15 Å². The van der Waals surface area contributed by atoms with Gasteiger partial charge in [0.1, 0.15) is 17.2 Å². The van der Waals surface area contributed by atoms with Crippen LogP contribution in [0.25, 0.3) is 16.9 Å². The number of carbonyl (C=O) groups excluding carboxylic acids is 1. The number of nitrogens with zero attached hydrogens (tertiary/aromatic N) is 3. The maximum Gasteiger partial charge on any atom is 0.290 e. The zero-order chi connectivity index (χ0) is 20.1. The largest absolute Gasteiger partial charge is 0.497 e. The lowest BCUT2D eigenvalue weighted by atomic mass is 10.1. The Hall–Kier alpha value is -4.13. The van der Waals surface area contributed by atoms with Gasteiger partial charge in [-0.2, -0.15) is 10.2 Å². The number of benzene rings is 2. The van der Waals surface area contributed by atoms with E-state index in [-0.39, 0.29) is 5.91 Å². The molecule has 7 nitrogen and oxygen atoms in total. The van der Waals surface area contributed by atoms with Crippen LogP contribution in [0.4, 0.5) is 0 Å². The Labute approximate surface area is 167 Å². The molecule has 0 fully saturated rings. The normalized spacial score (nSPS) is 10.9. The molecule has 1 amide bonds. The summed E-state index contributed by atoms with van der Waals surface area (Å²) in [4.78, 5) is 12.8. The summed E-state index contributed by atoms with van der Waals surface area (Å²) in [5.74, 6) is 0.909. The third kappa shape index (κ3) is 4.08. The molecule has 4 rings (SSSR count). The average molecular weight is 386 g/mol. The van der Waals surface area contributed by atoms with E-state index in [2.05, 4.69) is 15.6 Å². The fraction of sp³-hybridized carbons (Fsp3) is 0.0455. The van der Waals surface area contributed by atoms with E-state index in [0.29, 0.717) is 17.1 Å². The van der Waals surface area contributed by atoms with Crippen LogP contribution >= 0.6 is 0 Å². The van der Waals surface area contributed by atoms with E-state index in [1.54, 1.807) is 30.0 Å².